The van der Waals surface area contributed by atoms with Gasteiger partial charge in [0.05, 0.1) is 0 Å². The van der Waals surface area contributed by atoms with Gasteiger partial charge in [0.15, 0.2) is 5.17 Å². The van der Waals surface area contributed by atoms with Crippen molar-refractivity contribution < 1.29 is 0 Å². The van der Waals surface area contributed by atoms with E-state index >= 15 is 0 Å². The summed E-state index contributed by atoms with van der Waals surface area (Å²) in [4.78, 5) is 7.15. The van der Waals surface area contributed by atoms with Crippen molar-refractivity contribution in [3.63, 3.8) is 0 Å². The largest absolute Gasteiger partial charge is 0.364 e. The maximum Gasteiger partial charge on any atom is 0.156 e. The Balaban J connectivity index is 1.63. The lowest BCUT2D eigenvalue weighted by Gasteiger charge is -2.29. The third-order valence-electron chi connectivity index (χ3n) is 3.06. The predicted octanol–water partition coefficient (Wildman–Crippen LogP) is 1.75. The van der Waals surface area contributed by atoms with E-state index in [2.05, 4.69) is 40.8 Å². The molecule has 0 amide bonds. The third-order valence-corrected chi connectivity index (χ3v) is 5.47. The van der Waals surface area contributed by atoms with Crippen molar-refractivity contribution in [2.45, 2.75) is 13.8 Å². The first kappa shape index (κ1) is 13.6. The molecule has 0 bridgehead atoms. The summed E-state index contributed by atoms with van der Waals surface area (Å²) < 4.78 is 0. The minimum absolute atomic E-state index is 0.375. The van der Waals surface area contributed by atoms with Gasteiger partial charge >= 0.3 is 0 Å². The summed E-state index contributed by atoms with van der Waals surface area (Å²) >= 11 is 3.94. The van der Waals surface area contributed by atoms with Crippen LogP contribution in [-0.4, -0.2) is 60.0 Å². The molecule has 17 heavy (non-hydrogen) atoms. The molecule has 0 aromatic carbocycles. The van der Waals surface area contributed by atoms with E-state index in [1.807, 2.05) is 11.8 Å². The molecule has 0 radical (unpaired) electrons. The summed E-state index contributed by atoms with van der Waals surface area (Å²) in [6.07, 6.45) is 0. The molecule has 0 aromatic heterocycles. The summed E-state index contributed by atoms with van der Waals surface area (Å²) in [6.45, 7) is 10.2. The minimum atomic E-state index is 0.375. The molecule has 5 heteroatoms. The van der Waals surface area contributed by atoms with Gasteiger partial charge in [-0.15, -0.1) is 0 Å². The number of aliphatic imine (C=N–C) groups is 1. The third kappa shape index (κ3) is 4.72. The zero-order chi connectivity index (χ0) is 12.1. The highest BCUT2D eigenvalue weighted by molar-refractivity contribution is 8.13. The number of thioether (sulfide) groups is 2. The van der Waals surface area contributed by atoms with Crippen LogP contribution in [0, 0.1) is 5.41 Å². The summed E-state index contributed by atoms with van der Waals surface area (Å²) in [7, 11) is 0. The van der Waals surface area contributed by atoms with Crippen LogP contribution in [0.15, 0.2) is 4.99 Å². The molecule has 0 saturated carbocycles. The Morgan fingerprint density at radius 1 is 1.35 bits per heavy atom. The van der Waals surface area contributed by atoms with Gasteiger partial charge in [-0.25, -0.2) is 0 Å². The zero-order valence-corrected chi connectivity index (χ0v) is 12.5. The first-order valence-electron chi connectivity index (χ1n) is 6.37. The Morgan fingerprint density at radius 2 is 2.12 bits per heavy atom. The maximum absolute atomic E-state index is 4.61. The van der Waals surface area contributed by atoms with E-state index in [0.717, 1.165) is 24.8 Å². The molecule has 3 nitrogen and oxygen atoms in total. The SMILES string of the molecule is CC1(C)CN=C(NCCN2CCSCC2)SC1. The van der Waals surface area contributed by atoms with Crippen molar-refractivity contribution >= 4 is 28.7 Å². The van der Waals surface area contributed by atoms with Gasteiger partial charge in [-0.05, 0) is 5.41 Å². The predicted molar refractivity (Wildman–Crippen MR) is 80.3 cm³/mol. The number of hydrogen-bond acceptors (Lipinski definition) is 5. The Hall–Kier alpha value is 0.130. The second-order valence-corrected chi connectivity index (χ2v) is 7.64. The fourth-order valence-electron chi connectivity index (χ4n) is 1.89. The number of nitrogens with one attached hydrogen (secondary N) is 1. The topological polar surface area (TPSA) is 27.6 Å². The van der Waals surface area contributed by atoms with Crippen LogP contribution in [-0.2, 0) is 0 Å². The summed E-state index contributed by atoms with van der Waals surface area (Å²) in [5, 5.41) is 4.62. The Bertz CT molecular complexity index is 273. The molecule has 2 heterocycles. The van der Waals surface area contributed by atoms with Crippen molar-refractivity contribution in [3.05, 3.63) is 0 Å². The molecule has 0 aromatic rings. The van der Waals surface area contributed by atoms with Crippen molar-refractivity contribution in [3.8, 4) is 0 Å². The summed E-state index contributed by atoms with van der Waals surface area (Å²) in [5.74, 6) is 3.77. The van der Waals surface area contributed by atoms with Crippen molar-refractivity contribution in [1.82, 2.24) is 10.2 Å². The Morgan fingerprint density at radius 3 is 2.76 bits per heavy atom. The molecular formula is C12H23N3S2. The number of hydrogen-bond donors (Lipinski definition) is 1. The average molecular weight is 273 g/mol. The number of rotatable bonds is 3. The second-order valence-electron chi connectivity index (χ2n) is 5.46. The van der Waals surface area contributed by atoms with E-state index in [0.29, 0.717) is 5.41 Å². The van der Waals surface area contributed by atoms with Gasteiger partial charge < -0.3 is 5.32 Å². The maximum atomic E-state index is 4.61. The fraction of sp³-hybridized carbons (Fsp3) is 0.917. The quantitative estimate of drug-likeness (QED) is 0.848. The Kier molecular flexibility index (Phi) is 5.06. The molecule has 0 spiro atoms. The monoisotopic (exact) mass is 273 g/mol. The lowest BCUT2D eigenvalue weighted by Crippen LogP contribution is -2.40. The molecule has 98 valence electrons. The molecule has 2 aliphatic heterocycles. The molecule has 1 saturated heterocycles. The van der Waals surface area contributed by atoms with Crippen LogP contribution in [0.2, 0.25) is 0 Å². The minimum Gasteiger partial charge on any atom is -0.364 e. The van der Waals surface area contributed by atoms with Gasteiger partial charge in [0.25, 0.3) is 0 Å². The second kappa shape index (κ2) is 6.34. The van der Waals surface area contributed by atoms with Gasteiger partial charge in [0.1, 0.15) is 0 Å². The molecule has 0 unspecified atom stereocenters. The highest BCUT2D eigenvalue weighted by Crippen LogP contribution is 2.26. The highest BCUT2D eigenvalue weighted by atomic mass is 32.2. The van der Waals surface area contributed by atoms with E-state index < -0.39 is 0 Å². The number of nitrogens with zero attached hydrogens (tertiary/aromatic N) is 2. The van der Waals surface area contributed by atoms with Crippen LogP contribution in [0.25, 0.3) is 0 Å². The van der Waals surface area contributed by atoms with E-state index in [1.165, 1.54) is 30.3 Å². The standard InChI is InChI=1S/C12H23N3S2/c1-12(2)9-14-11(17-10-12)13-3-4-15-5-7-16-8-6-15/h3-10H2,1-2H3,(H,13,14). The van der Waals surface area contributed by atoms with E-state index in [4.69, 9.17) is 0 Å². The first-order chi connectivity index (χ1) is 8.16. The lowest BCUT2D eigenvalue weighted by molar-refractivity contribution is 0.307. The molecule has 0 aliphatic carbocycles. The van der Waals surface area contributed by atoms with Crippen molar-refractivity contribution in [2.24, 2.45) is 10.4 Å². The summed E-state index contributed by atoms with van der Waals surface area (Å²) in [6, 6.07) is 0. The molecule has 0 atom stereocenters. The van der Waals surface area contributed by atoms with Crippen LogP contribution in [0.4, 0.5) is 0 Å². The van der Waals surface area contributed by atoms with Gasteiger partial charge in [0, 0.05) is 50.0 Å². The summed E-state index contributed by atoms with van der Waals surface area (Å²) in [5.41, 5.74) is 0.375. The lowest BCUT2D eigenvalue weighted by atomic mass is 9.97. The molecular weight excluding hydrogens is 250 g/mol. The van der Waals surface area contributed by atoms with E-state index in [-0.39, 0.29) is 0 Å². The van der Waals surface area contributed by atoms with E-state index in [1.54, 1.807) is 0 Å². The van der Waals surface area contributed by atoms with Gasteiger partial charge in [0.2, 0.25) is 0 Å². The molecule has 1 N–H and O–H groups in total. The van der Waals surface area contributed by atoms with Gasteiger partial charge in [-0.1, -0.05) is 25.6 Å². The van der Waals surface area contributed by atoms with E-state index in [9.17, 15) is 0 Å². The van der Waals surface area contributed by atoms with Crippen LogP contribution in [0.3, 0.4) is 0 Å². The van der Waals surface area contributed by atoms with Crippen LogP contribution in [0.5, 0.6) is 0 Å². The first-order valence-corrected chi connectivity index (χ1v) is 8.51. The van der Waals surface area contributed by atoms with Gasteiger partial charge in [-0.2, -0.15) is 11.8 Å². The van der Waals surface area contributed by atoms with Gasteiger partial charge in [-0.3, -0.25) is 9.89 Å². The smallest absolute Gasteiger partial charge is 0.156 e. The normalized spacial score (nSPS) is 25.4. The molecule has 2 aliphatic rings. The highest BCUT2D eigenvalue weighted by Gasteiger charge is 2.23. The van der Waals surface area contributed by atoms with Crippen molar-refractivity contribution in [1.29, 1.82) is 0 Å². The Labute approximate surface area is 113 Å². The molecule has 2 rings (SSSR count). The van der Waals surface area contributed by atoms with Crippen LogP contribution < -0.4 is 5.32 Å². The fourth-order valence-corrected chi connectivity index (χ4v) is 3.85. The van der Waals surface area contributed by atoms with Crippen LogP contribution >= 0.6 is 23.5 Å². The van der Waals surface area contributed by atoms with Crippen molar-refractivity contribution in [2.75, 3.05) is 50.0 Å². The average Bonchev–Trinajstić information content (AvgIpc) is 2.33. The number of amidine groups is 1. The zero-order valence-electron chi connectivity index (χ0n) is 10.9. The molecule has 1 fully saturated rings. The van der Waals surface area contributed by atoms with Crippen LogP contribution in [0.1, 0.15) is 13.8 Å².